The molecule has 1 aromatic heterocycles. The summed E-state index contributed by atoms with van der Waals surface area (Å²) >= 11 is 0. The molecule has 1 aliphatic rings. The second kappa shape index (κ2) is 5.29. The van der Waals surface area contributed by atoms with Gasteiger partial charge < -0.3 is 4.98 Å². The number of rotatable bonds is 3. The van der Waals surface area contributed by atoms with E-state index in [0.29, 0.717) is 19.0 Å². The second-order valence-electron chi connectivity index (χ2n) is 5.89. The van der Waals surface area contributed by atoms with Gasteiger partial charge in [-0.2, -0.15) is 4.31 Å². The van der Waals surface area contributed by atoms with Gasteiger partial charge in [0, 0.05) is 25.0 Å². The Morgan fingerprint density at radius 1 is 1.26 bits per heavy atom. The lowest BCUT2D eigenvalue weighted by molar-refractivity contribution is 0.404. The molecule has 1 N–H and O–H groups in total. The molecule has 4 nitrogen and oxygen atoms in total. The lowest BCUT2D eigenvalue weighted by Crippen LogP contribution is -2.36. The van der Waals surface area contributed by atoms with Crippen LogP contribution in [0.4, 0.5) is 0 Å². The van der Waals surface area contributed by atoms with Crippen LogP contribution >= 0.6 is 0 Å². The summed E-state index contributed by atoms with van der Waals surface area (Å²) in [5.41, 5.74) is 3.66. The standard InChI is InChI=1S/C14H24N2O2S/c1-10(2)12-8-15-14-6-5-7-16(9-13(12)14)19(17,18)11(3)4/h8,10-11,15H,5-7,9H2,1-4H3. The molecule has 0 unspecified atom stereocenters. The van der Waals surface area contributed by atoms with Crippen LogP contribution < -0.4 is 0 Å². The van der Waals surface area contributed by atoms with E-state index in [2.05, 4.69) is 18.8 Å². The maximum atomic E-state index is 12.4. The molecule has 1 aliphatic heterocycles. The number of hydrogen-bond acceptors (Lipinski definition) is 2. The third kappa shape index (κ3) is 2.72. The lowest BCUT2D eigenvalue weighted by Gasteiger charge is -2.23. The van der Waals surface area contributed by atoms with Gasteiger partial charge in [-0.05, 0) is 43.7 Å². The quantitative estimate of drug-likeness (QED) is 0.927. The van der Waals surface area contributed by atoms with Crippen LogP contribution in [0, 0.1) is 0 Å². The summed E-state index contributed by atoms with van der Waals surface area (Å²) < 4.78 is 26.4. The Bertz CT molecular complexity index is 544. The van der Waals surface area contributed by atoms with E-state index in [9.17, 15) is 8.42 Å². The molecule has 0 amide bonds. The predicted molar refractivity (Wildman–Crippen MR) is 77.7 cm³/mol. The first-order valence-electron chi connectivity index (χ1n) is 7.02. The van der Waals surface area contributed by atoms with Crippen molar-refractivity contribution in [3.63, 3.8) is 0 Å². The summed E-state index contributed by atoms with van der Waals surface area (Å²) in [7, 11) is -3.17. The monoisotopic (exact) mass is 284 g/mol. The molecule has 0 bridgehead atoms. The van der Waals surface area contributed by atoms with Gasteiger partial charge in [-0.25, -0.2) is 8.42 Å². The van der Waals surface area contributed by atoms with E-state index in [1.165, 1.54) is 16.8 Å². The van der Waals surface area contributed by atoms with Gasteiger partial charge in [0.25, 0.3) is 0 Å². The molecule has 2 rings (SSSR count). The summed E-state index contributed by atoms with van der Waals surface area (Å²) in [6.45, 7) is 8.95. The van der Waals surface area contributed by atoms with Gasteiger partial charge in [-0.1, -0.05) is 13.8 Å². The van der Waals surface area contributed by atoms with Crippen molar-refractivity contribution in [1.29, 1.82) is 0 Å². The Morgan fingerprint density at radius 2 is 1.95 bits per heavy atom. The van der Waals surface area contributed by atoms with Crippen LogP contribution in [0.5, 0.6) is 0 Å². The van der Waals surface area contributed by atoms with E-state index in [1.54, 1.807) is 18.2 Å². The second-order valence-corrected chi connectivity index (χ2v) is 8.38. The van der Waals surface area contributed by atoms with Gasteiger partial charge >= 0.3 is 0 Å². The summed E-state index contributed by atoms with van der Waals surface area (Å²) in [6.07, 6.45) is 3.87. The zero-order chi connectivity index (χ0) is 14.2. The minimum atomic E-state index is -3.17. The van der Waals surface area contributed by atoms with E-state index in [4.69, 9.17) is 0 Å². The largest absolute Gasteiger partial charge is 0.364 e. The highest BCUT2D eigenvalue weighted by Gasteiger charge is 2.29. The van der Waals surface area contributed by atoms with Crippen molar-refractivity contribution >= 4 is 10.0 Å². The molecule has 0 saturated heterocycles. The van der Waals surface area contributed by atoms with E-state index in [-0.39, 0.29) is 5.25 Å². The van der Waals surface area contributed by atoms with Gasteiger partial charge in [-0.3, -0.25) is 0 Å². The summed E-state index contributed by atoms with van der Waals surface area (Å²) in [5, 5.41) is -0.351. The topological polar surface area (TPSA) is 53.2 Å². The molecule has 19 heavy (non-hydrogen) atoms. The molecule has 0 aromatic carbocycles. The smallest absolute Gasteiger partial charge is 0.216 e. The molecular weight excluding hydrogens is 260 g/mol. The summed E-state index contributed by atoms with van der Waals surface area (Å²) in [4.78, 5) is 3.33. The summed E-state index contributed by atoms with van der Waals surface area (Å²) in [6, 6.07) is 0. The number of hydrogen-bond donors (Lipinski definition) is 1. The highest BCUT2D eigenvalue weighted by atomic mass is 32.2. The van der Waals surface area contributed by atoms with Crippen molar-refractivity contribution < 1.29 is 8.42 Å². The lowest BCUT2D eigenvalue weighted by atomic mass is 10.00. The SMILES string of the molecule is CC(C)c1c[nH]c2c1CN(S(=O)(=O)C(C)C)CCC2. The average molecular weight is 284 g/mol. The summed E-state index contributed by atoms with van der Waals surface area (Å²) in [5.74, 6) is 0.418. The maximum absolute atomic E-state index is 12.4. The van der Waals surface area contributed by atoms with E-state index in [0.717, 1.165) is 12.8 Å². The number of H-pyrrole nitrogens is 1. The minimum absolute atomic E-state index is 0.351. The van der Waals surface area contributed by atoms with Gasteiger partial charge in [0.1, 0.15) is 0 Å². The first-order chi connectivity index (χ1) is 8.84. The Morgan fingerprint density at radius 3 is 2.53 bits per heavy atom. The average Bonchev–Trinajstić information content (AvgIpc) is 2.59. The van der Waals surface area contributed by atoms with Crippen LogP contribution in [0.1, 0.15) is 56.9 Å². The van der Waals surface area contributed by atoms with Crippen LogP contribution in [0.2, 0.25) is 0 Å². The molecule has 108 valence electrons. The number of aryl methyl sites for hydroxylation is 1. The Hall–Kier alpha value is -0.810. The van der Waals surface area contributed by atoms with Gasteiger partial charge in [-0.15, -0.1) is 0 Å². The van der Waals surface area contributed by atoms with E-state index < -0.39 is 10.0 Å². The normalized spacial score (nSPS) is 17.8. The zero-order valence-electron chi connectivity index (χ0n) is 12.2. The van der Waals surface area contributed by atoms with Crippen LogP contribution in [0.15, 0.2) is 6.20 Å². The van der Waals surface area contributed by atoms with Gasteiger partial charge in [0.05, 0.1) is 5.25 Å². The third-order valence-electron chi connectivity index (χ3n) is 3.86. The first-order valence-corrected chi connectivity index (χ1v) is 8.52. The molecule has 0 aliphatic carbocycles. The van der Waals surface area contributed by atoms with Crippen molar-refractivity contribution in [2.45, 2.75) is 58.2 Å². The van der Waals surface area contributed by atoms with E-state index in [1.807, 2.05) is 6.20 Å². The van der Waals surface area contributed by atoms with Gasteiger partial charge in [0.2, 0.25) is 10.0 Å². The predicted octanol–water partition coefficient (Wildman–Crippen LogP) is 2.62. The van der Waals surface area contributed by atoms with Crippen molar-refractivity contribution in [2.24, 2.45) is 0 Å². The number of sulfonamides is 1. The van der Waals surface area contributed by atoms with E-state index >= 15 is 0 Å². The molecule has 0 atom stereocenters. The Kier molecular flexibility index (Phi) is 4.06. The van der Waals surface area contributed by atoms with Gasteiger partial charge in [0.15, 0.2) is 0 Å². The molecule has 2 heterocycles. The number of nitrogens with one attached hydrogen (secondary N) is 1. The highest BCUT2D eigenvalue weighted by Crippen LogP contribution is 2.28. The highest BCUT2D eigenvalue weighted by molar-refractivity contribution is 7.89. The van der Waals surface area contributed by atoms with Crippen molar-refractivity contribution in [1.82, 2.24) is 9.29 Å². The molecule has 1 aromatic rings. The molecule has 0 fully saturated rings. The third-order valence-corrected chi connectivity index (χ3v) is 6.08. The molecular formula is C14H24N2O2S. The fourth-order valence-corrected chi connectivity index (χ4v) is 3.93. The fraction of sp³-hybridized carbons (Fsp3) is 0.714. The minimum Gasteiger partial charge on any atom is -0.364 e. The Balaban J connectivity index is 2.37. The van der Waals surface area contributed by atoms with Crippen LogP contribution in [0.3, 0.4) is 0 Å². The van der Waals surface area contributed by atoms with Crippen molar-refractivity contribution in [3.8, 4) is 0 Å². The maximum Gasteiger partial charge on any atom is 0.216 e. The molecule has 5 heteroatoms. The fourth-order valence-electron chi connectivity index (χ4n) is 2.64. The number of nitrogens with zero attached hydrogens (tertiary/aromatic N) is 1. The number of fused-ring (bicyclic) bond motifs is 1. The zero-order valence-corrected chi connectivity index (χ0v) is 13.0. The van der Waals surface area contributed by atoms with Crippen molar-refractivity contribution in [2.75, 3.05) is 6.54 Å². The number of aromatic amines is 1. The Labute approximate surface area is 116 Å². The molecule has 0 spiro atoms. The van der Waals surface area contributed by atoms with Crippen LogP contribution in [-0.4, -0.2) is 29.5 Å². The van der Waals surface area contributed by atoms with Crippen LogP contribution in [-0.2, 0) is 23.0 Å². The first kappa shape index (κ1) is 14.6. The molecule has 0 saturated carbocycles. The van der Waals surface area contributed by atoms with Crippen molar-refractivity contribution in [3.05, 3.63) is 23.0 Å². The molecule has 0 radical (unpaired) electrons. The number of aromatic nitrogens is 1. The van der Waals surface area contributed by atoms with Crippen LogP contribution in [0.25, 0.3) is 0 Å².